The molecule has 26 heavy (non-hydrogen) atoms. The van der Waals surface area contributed by atoms with E-state index >= 15 is 0 Å². The van der Waals surface area contributed by atoms with Crippen LogP contribution in [0.3, 0.4) is 0 Å². The van der Waals surface area contributed by atoms with Crippen LogP contribution >= 0.6 is 0 Å². The van der Waals surface area contributed by atoms with E-state index in [1.807, 2.05) is 12.4 Å². The molecule has 3 N–H and O–H groups in total. The van der Waals surface area contributed by atoms with Crippen molar-refractivity contribution in [1.29, 1.82) is 0 Å². The maximum atomic E-state index is 5.61. The van der Waals surface area contributed by atoms with Gasteiger partial charge in [0.25, 0.3) is 0 Å². The van der Waals surface area contributed by atoms with Gasteiger partial charge in [-0.2, -0.15) is 0 Å². The largest absolute Gasteiger partial charge is 0.368 e. The Balaban J connectivity index is 1.50. The van der Waals surface area contributed by atoms with Gasteiger partial charge >= 0.3 is 0 Å². The first-order valence-corrected chi connectivity index (χ1v) is 9.34. The summed E-state index contributed by atoms with van der Waals surface area (Å²) in [5.74, 6) is 0.326. The average Bonchev–Trinajstić information content (AvgIpc) is 3.07. The molecular weight excluding hydrogens is 324 g/mol. The first kappa shape index (κ1) is 17.2. The highest BCUT2D eigenvalue weighted by Gasteiger charge is 2.47. The van der Waals surface area contributed by atoms with Crippen LogP contribution in [0.1, 0.15) is 31.2 Å². The molecule has 1 spiro atoms. The van der Waals surface area contributed by atoms with Gasteiger partial charge in [0.15, 0.2) is 0 Å². The fraction of sp³-hybridized carbons (Fsp3) is 0.500. The number of nitrogens with zero attached hydrogens (tertiary/aromatic N) is 4. The Morgan fingerprint density at radius 3 is 2.31 bits per heavy atom. The topological polar surface area (TPSA) is 70.3 Å². The zero-order chi connectivity index (χ0) is 18.2. The number of anilines is 2. The highest BCUT2D eigenvalue weighted by Crippen LogP contribution is 2.46. The quantitative estimate of drug-likeness (QED) is 0.882. The third kappa shape index (κ3) is 2.93. The van der Waals surface area contributed by atoms with Crippen LogP contribution in [0, 0.1) is 0 Å². The number of rotatable bonds is 3. The summed E-state index contributed by atoms with van der Waals surface area (Å²) in [4.78, 5) is 13.0. The molecular formula is C20H28N6. The molecule has 6 heteroatoms. The predicted molar refractivity (Wildman–Crippen MR) is 105 cm³/mol. The van der Waals surface area contributed by atoms with E-state index in [0.717, 1.165) is 44.6 Å². The van der Waals surface area contributed by atoms with E-state index in [9.17, 15) is 0 Å². The fourth-order valence-corrected chi connectivity index (χ4v) is 4.64. The maximum Gasteiger partial charge on any atom is 0.220 e. The molecule has 1 saturated heterocycles. The molecule has 1 aromatic heterocycles. The summed E-state index contributed by atoms with van der Waals surface area (Å²) in [5.41, 5.74) is 8.39. The van der Waals surface area contributed by atoms with Crippen molar-refractivity contribution in [3.63, 3.8) is 0 Å². The van der Waals surface area contributed by atoms with Crippen molar-refractivity contribution in [2.75, 3.05) is 37.9 Å². The van der Waals surface area contributed by atoms with E-state index in [1.165, 1.54) is 5.56 Å². The Hall–Kier alpha value is -2.18. The molecule has 0 radical (unpaired) electrons. The second-order valence-electron chi connectivity index (χ2n) is 7.90. The van der Waals surface area contributed by atoms with Crippen molar-refractivity contribution in [2.24, 2.45) is 0 Å². The zero-order valence-electron chi connectivity index (χ0n) is 15.7. The molecule has 6 nitrogen and oxygen atoms in total. The summed E-state index contributed by atoms with van der Waals surface area (Å²) < 4.78 is 0. The van der Waals surface area contributed by atoms with E-state index in [-0.39, 0.29) is 11.1 Å². The Morgan fingerprint density at radius 2 is 1.69 bits per heavy atom. The van der Waals surface area contributed by atoms with Crippen molar-refractivity contribution in [3.05, 3.63) is 48.3 Å². The minimum Gasteiger partial charge on any atom is -0.368 e. The molecule has 1 aromatic carbocycles. The second-order valence-corrected chi connectivity index (χ2v) is 7.90. The predicted octanol–water partition coefficient (Wildman–Crippen LogP) is 2.20. The summed E-state index contributed by atoms with van der Waals surface area (Å²) in [6.07, 6.45) is 8.27. The SMILES string of the molecule is CN(C)[C@]1(c2ccccc2)CC[C@]2(CC1)CN(c1cnc(N)nc1)CN2. The summed E-state index contributed by atoms with van der Waals surface area (Å²) in [7, 11) is 4.43. The third-order valence-electron chi connectivity index (χ3n) is 6.36. The van der Waals surface area contributed by atoms with Crippen molar-refractivity contribution >= 4 is 11.6 Å². The van der Waals surface area contributed by atoms with Crippen molar-refractivity contribution in [1.82, 2.24) is 20.2 Å². The molecule has 4 rings (SSSR count). The van der Waals surface area contributed by atoms with E-state index in [2.05, 4.69) is 69.5 Å². The van der Waals surface area contributed by atoms with Gasteiger partial charge in [0.1, 0.15) is 0 Å². The molecule has 0 atom stereocenters. The average molecular weight is 352 g/mol. The zero-order valence-corrected chi connectivity index (χ0v) is 15.7. The lowest BCUT2D eigenvalue weighted by molar-refractivity contribution is 0.0646. The van der Waals surface area contributed by atoms with E-state index in [0.29, 0.717) is 5.95 Å². The monoisotopic (exact) mass is 352 g/mol. The number of hydrogen-bond donors (Lipinski definition) is 2. The highest BCUT2D eigenvalue weighted by atomic mass is 15.3. The standard InChI is InChI=1S/C20H28N6/c1-25(2)20(16-6-4-3-5-7-16)10-8-19(9-11-20)14-26(15-24-19)17-12-22-18(21)23-13-17/h3-7,12-13,24H,8-11,14-15H2,1-2H3,(H2,21,22,23)/t19-,20+. The molecule has 1 aliphatic heterocycles. The number of benzene rings is 1. The minimum atomic E-state index is 0.131. The van der Waals surface area contributed by atoms with Crippen LogP contribution in [0.5, 0.6) is 0 Å². The van der Waals surface area contributed by atoms with E-state index in [4.69, 9.17) is 5.73 Å². The minimum absolute atomic E-state index is 0.131. The van der Waals surface area contributed by atoms with Gasteiger partial charge < -0.3 is 10.6 Å². The summed E-state index contributed by atoms with van der Waals surface area (Å²) in [6, 6.07) is 11.0. The van der Waals surface area contributed by atoms with Crippen molar-refractivity contribution in [2.45, 2.75) is 36.8 Å². The summed E-state index contributed by atoms with van der Waals surface area (Å²) in [5, 5.41) is 3.78. The lowest BCUT2D eigenvalue weighted by atomic mass is 9.69. The lowest BCUT2D eigenvalue weighted by Gasteiger charge is -2.49. The van der Waals surface area contributed by atoms with E-state index < -0.39 is 0 Å². The maximum absolute atomic E-state index is 5.61. The number of nitrogens with two attached hydrogens (primary N) is 1. The first-order valence-electron chi connectivity index (χ1n) is 9.34. The van der Waals surface area contributed by atoms with Crippen LogP contribution in [0.25, 0.3) is 0 Å². The van der Waals surface area contributed by atoms with Crippen molar-refractivity contribution in [3.8, 4) is 0 Å². The Morgan fingerprint density at radius 1 is 1.04 bits per heavy atom. The van der Waals surface area contributed by atoms with Gasteiger partial charge in [-0.05, 0) is 45.3 Å². The van der Waals surface area contributed by atoms with Gasteiger partial charge in [-0.1, -0.05) is 30.3 Å². The van der Waals surface area contributed by atoms with Crippen LogP contribution in [-0.4, -0.2) is 47.7 Å². The lowest BCUT2D eigenvalue weighted by Crippen LogP contribution is -2.53. The van der Waals surface area contributed by atoms with Crippen LogP contribution in [0.15, 0.2) is 42.7 Å². The molecule has 1 aliphatic carbocycles. The Labute approximate surface area is 155 Å². The third-order valence-corrected chi connectivity index (χ3v) is 6.36. The van der Waals surface area contributed by atoms with Crippen molar-refractivity contribution < 1.29 is 0 Å². The Kier molecular flexibility index (Phi) is 4.32. The molecule has 0 amide bonds. The summed E-state index contributed by atoms with van der Waals surface area (Å²) >= 11 is 0. The number of aromatic nitrogens is 2. The molecule has 2 heterocycles. The molecule has 0 unspecified atom stereocenters. The van der Waals surface area contributed by atoms with Crippen LogP contribution < -0.4 is 16.0 Å². The smallest absolute Gasteiger partial charge is 0.220 e. The van der Waals surface area contributed by atoms with Gasteiger partial charge in [-0.15, -0.1) is 0 Å². The normalized spacial score (nSPS) is 28.8. The number of hydrogen-bond acceptors (Lipinski definition) is 6. The van der Waals surface area contributed by atoms with Gasteiger partial charge in [-0.3, -0.25) is 10.2 Å². The molecule has 138 valence electrons. The van der Waals surface area contributed by atoms with Gasteiger partial charge in [0, 0.05) is 17.6 Å². The van der Waals surface area contributed by atoms with Gasteiger partial charge in [0.05, 0.1) is 24.7 Å². The highest BCUT2D eigenvalue weighted by molar-refractivity contribution is 5.46. The molecule has 2 aliphatic rings. The van der Waals surface area contributed by atoms with Crippen LogP contribution in [0.2, 0.25) is 0 Å². The summed E-state index contributed by atoms with van der Waals surface area (Å²) in [6.45, 7) is 1.84. The second kappa shape index (κ2) is 6.52. The number of nitrogen functional groups attached to an aromatic ring is 1. The molecule has 1 saturated carbocycles. The molecule has 0 bridgehead atoms. The van der Waals surface area contributed by atoms with Crippen LogP contribution in [0.4, 0.5) is 11.6 Å². The first-order chi connectivity index (χ1) is 12.5. The van der Waals surface area contributed by atoms with E-state index in [1.54, 1.807) is 0 Å². The number of nitrogens with one attached hydrogen (secondary N) is 1. The Bertz CT molecular complexity index is 735. The van der Waals surface area contributed by atoms with Crippen LogP contribution in [-0.2, 0) is 5.54 Å². The van der Waals surface area contributed by atoms with Gasteiger partial charge in [-0.25, -0.2) is 9.97 Å². The fourth-order valence-electron chi connectivity index (χ4n) is 4.64. The van der Waals surface area contributed by atoms with Gasteiger partial charge in [0.2, 0.25) is 5.95 Å². The molecule has 2 aromatic rings. The molecule has 2 fully saturated rings.